The number of aryl methyl sites for hydroxylation is 1. The van der Waals surface area contributed by atoms with Crippen LogP contribution in [0.3, 0.4) is 0 Å². The number of fused-ring (bicyclic) bond motifs is 1. The number of carbonyl (C=O) groups is 3. The summed E-state index contributed by atoms with van der Waals surface area (Å²) >= 11 is 0. The zero-order valence-corrected chi connectivity index (χ0v) is 15.1. The molecule has 1 atom stereocenters. The van der Waals surface area contributed by atoms with Crippen LogP contribution in [0.15, 0.2) is 12.1 Å². The smallest absolute Gasteiger partial charge is 0.339 e. The molecule has 1 saturated heterocycles. The van der Waals surface area contributed by atoms with Gasteiger partial charge in [0.25, 0.3) is 0 Å². The average Bonchev–Trinajstić information content (AvgIpc) is 2.54. The first-order chi connectivity index (χ1) is 13.1. The molecule has 0 aliphatic carbocycles. The Labute approximate surface area is 160 Å². The number of likely N-dealkylation sites (tertiary alicyclic amines) is 1. The number of carboxylic acids is 2. The minimum atomic E-state index is -2.64. The number of amides is 1. The lowest BCUT2D eigenvalue weighted by Gasteiger charge is -2.40. The number of aromatic carboxylic acids is 1. The molecule has 2 aliphatic rings. The second-order valence-electron chi connectivity index (χ2n) is 7.45. The van der Waals surface area contributed by atoms with Crippen LogP contribution in [0.5, 0.6) is 5.75 Å². The molecule has 2 aliphatic heterocycles. The van der Waals surface area contributed by atoms with Crippen LogP contribution < -0.4 is 10.5 Å². The van der Waals surface area contributed by atoms with Crippen LogP contribution >= 0.6 is 0 Å². The molecule has 0 aromatic heterocycles. The highest BCUT2D eigenvalue weighted by Crippen LogP contribution is 2.34. The van der Waals surface area contributed by atoms with Crippen molar-refractivity contribution in [2.75, 3.05) is 13.1 Å². The summed E-state index contributed by atoms with van der Waals surface area (Å²) in [6.07, 6.45) is -0.522. The number of benzene rings is 1. The molecular weight excluding hydrogens is 371 g/mol. The van der Waals surface area contributed by atoms with E-state index in [1.165, 1.54) is 11.0 Å². The van der Waals surface area contributed by atoms with Crippen LogP contribution in [-0.4, -0.2) is 74.8 Å². The van der Waals surface area contributed by atoms with Crippen molar-refractivity contribution in [3.63, 3.8) is 0 Å². The van der Waals surface area contributed by atoms with Crippen LogP contribution in [0.4, 0.5) is 0 Å². The molecule has 6 N–H and O–H groups in total. The van der Waals surface area contributed by atoms with E-state index in [2.05, 4.69) is 0 Å². The summed E-state index contributed by atoms with van der Waals surface area (Å²) < 4.78 is 5.73. The van der Waals surface area contributed by atoms with E-state index in [9.17, 15) is 29.5 Å². The van der Waals surface area contributed by atoms with E-state index in [4.69, 9.17) is 15.6 Å². The molecule has 11 heteroatoms. The number of carboxylic acid groups (broad SMARTS) is 2. The van der Waals surface area contributed by atoms with Gasteiger partial charge in [0.2, 0.25) is 12.5 Å². The van der Waals surface area contributed by atoms with Crippen LogP contribution in [0.1, 0.15) is 27.9 Å². The minimum absolute atomic E-state index is 0.0982. The lowest BCUT2D eigenvalue weighted by molar-refractivity contribution is -0.146. The van der Waals surface area contributed by atoms with Crippen molar-refractivity contribution in [2.24, 2.45) is 5.73 Å². The molecule has 0 bridgehead atoms. The molecule has 28 heavy (non-hydrogen) atoms. The third kappa shape index (κ3) is 4.11. The second-order valence-corrected chi connectivity index (χ2v) is 7.45. The van der Waals surface area contributed by atoms with E-state index >= 15 is 0 Å². The predicted molar refractivity (Wildman–Crippen MR) is 97.0 cm³/mol. The summed E-state index contributed by atoms with van der Waals surface area (Å²) in [7, 11) is 0. The standard InChI is InChI=1S/C17H22BN2O8/c19-12(5-14(21)22)16(23)20-7-10(8-20)28-13-2-1-9-3-4-18(26,27)6-11(9)15(13)17(24)25/h1-2,10,12,26-27H,3-8,19H2,(H,21,22)(H,24,25)/q-1/t12-/m0/s1. The Morgan fingerprint density at radius 1 is 1.25 bits per heavy atom. The normalized spacial score (nSPS) is 19.3. The Kier molecular flexibility index (Phi) is 5.33. The molecule has 10 nitrogen and oxygen atoms in total. The maximum Gasteiger partial charge on any atom is 0.339 e. The molecule has 0 radical (unpaired) electrons. The Morgan fingerprint density at radius 3 is 2.54 bits per heavy atom. The van der Waals surface area contributed by atoms with E-state index < -0.39 is 43.0 Å². The van der Waals surface area contributed by atoms with E-state index in [1.807, 2.05) is 0 Å². The number of rotatable bonds is 6. The summed E-state index contributed by atoms with van der Waals surface area (Å²) in [5, 5.41) is 38.2. The van der Waals surface area contributed by atoms with E-state index in [1.54, 1.807) is 6.07 Å². The molecule has 0 spiro atoms. The number of hydrogen-bond acceptors (Lipinski definition) is 7. The van der Waals surface area contributed by atoms with Crippen LogP contribution in [0.2, 0.25) is 6.32 Å². The predicted octanol–water partition coefficient (Wildman–Crippen LogP) is -1.16. The first-order valence-corrected chi connectivity index (χ1v) is 9.01. The number of hydrogen-bond donors (Lipinski definition) is 5. The summed E-state index contributed by atoms with van der Waals surface area (Å²) in [6, 6.07) is 2.12. The summed E-state index contributed by atoms with van der Waals surface area (Å²) in [6.45, 7) is -2.31. The fourth-order valence-corrected chi connectivity index (χ4v) is 3.67. The monoisotopic (exact) mass is 393 g/mol. The lowest BCUT2D eigenvalue weighted by atomic mass is 9.47. The molecule has 1 aromatic rings. The van der Waals surface area contributed by atoms with Gasteiger partial charge in [-0.2, -0.15) is 0 Å². The summed E-state index contributed by atoms with van der Waals surface area (Å²) in [5.74, 6) is -2.79. The highest BCUT2D eigenvalue weighted by Gasteiger charge is 2.37. The number of carbonyl (C=O) groups excluding carboxylic acids is 1. The Hall–Kier alpha value is -2.63. The maximum atomic E-state index is 12.0. The van der Waals surface area contributed by atoms with Gasteiger partial charge in [-0.3, -0.25) is 9.59 Å². The van der Waals surface area contributed by atoms with Crippen molar-refractivity contribution in [1.29, 1.82) is 0 Å². The number of nitrogens with zero attached hydrogens (tertiary/aromatic N) is 1. The fraction of sp³-hybridized carbons (Fsp3) is 0.471. The molecule has 0 saturated carbocycles. The van der Waals surface area contributed by atoms with Gasteiger partial charge in [-0.1, -0.05) is 18.1 Å². The molecule has 152 valence electrons. The molecule has 1 amide bonds. The van der Waals surface area contributed by atoms with Crippen molar-refractivity contribution in [3.8, 4) is 5.75 Å². The molecule has 2 heterocycles. The third-order valence-corrected chi connectivity index (χ3v) is 5.16. The molecule has 1 fully saturated rings. The first kappa shape index (κ1) is 20.1. The van der Waals surface area contributed by atoms with E-state index in [-0.39, 0.29) is 37.0 Å². The van der Waals surface area contributed by atoms with Gasteiger partial charge in [-0.05, 0) is 11.6 Å². The highest BCUT2D eigenvalue weighted by molar-refractivity contribution is 6.64. The van der Waals surface area contributed by atoms with E-state index in [0.29, 0.717) is 12.0 Å². The van der Waals surface area contributed by atoms with Crippen LogP contribution in [0.25, 0.3) is 0 Å². The summed E-state index contributed by atoms with van der Waals surface area (Å²) in [5.41, 5.74) is 6.56. The minimum Gasteiger partial charge on any atom is -0.583 e. The van der Waals surface area contributed by atoms with Gasteiger partial charge < -0.3 is 35.6 Å². The van der Waals surface area contributed by atoms with Gasteiger partial charge in [-0.25, -0.2) is 4.79 Å². The van der Waals surface area contributed by atoms with Crippen molar-refractivity contribution >= 4 is 24.4 Å². The van der Waals surface area contributed by atoms with Gasteiger partial charge >= 0.3 is 11.9 Å². The Morgan fingerprint density at radius 2 is 1.93 bits per heavy atom. The van der Waals surface area contributed by atoms with Crippen molar-refractivity contribution in [2.45, 2.75) is 37.6 Å². The van der Waals surface area contributed by atoms with E-state index in [0.717, 1.165) is 5.56 Å². The van der Waals surface area contributed by atoms with Gasteiger partial charge in [-0.15, -0.1) is 12.6 Å². The zero-order chi connectivity index (χ0) is 20.6. The Bertz CT molecular complexity index is 822. The van der Waals surface area contributed by atoms with Crippen molar-refractivity contribution in [3.05, 3.63) is 28.8 Å². The number of aliphatic carboxylic acids is 1. The molecule has 0 unspecified atom stereocenters. The third-order valence-electron chi connectivity index (χ3n) is 5.16. The van der Waals surface area contributed by atoms with Gasteiger partial charge in [0.05, 0.1) is 25.6 Å². The second kappa shape index (κ2) is 7.42. The number of ether oxygens (including phenoxy) is 1. The lowest BCUT2D eigenvalue weighted by Crippen LogP contribution is -2.60. The fourth-order valence-electron chi connectivity index (χ4n) is 3.67. The zero-order valence-electron chi connectivity index (χ0n) is 15.1. The van der Waals surface area contributed by atoms with Crippen LogP contribution in [0, 0.1) is 0 Å². The average molecular weight is 393 g/mol. The van der Waals surface area contributed by atoms with Crippen molar-refractivity contribution in [1.82, 2.24) is 4.90 Å². The molecule has 3 rings (SSSR count). The van der Waals surface area contributed by atoms with Crippen molar-refractivity contribution < 1.29 is 39.4 Å². The van der Waals surface area contributed by atoms with Gasteiger partial charge in [0.15, 0.2) is 0 Å². The topological polar surface area (TPSA) is 171 Å². The highest BCUT2D eigenvalue weighted by atomic mass is 16.5. The van der Waals surface area contributed by atoms with Crippen LogP contribution in [-0.2, 0) is 22.3 Å². The quantitative estimate of drug-likeness (QED) is 0.374. The van der Waals surface area contributed by atoms with Gasteiger partial charge in [0.1, 0.15) is 17.4 Å². The SMILES string of the molecule is N[C@@H](CC(=O)O)C(=O)N1CC(Oc2ccc3c(c2C(=O)O)C[B-](O)(O)CC3)C1. The number of nitrogens with two attached hydrogens (primary N) is 1. The molecule has 1 aromatic carbocycles. The maximum absolute atomic E-state index is 12.0. The summed E-state index contributed by atoms with van der Waals surface area (Å²) in [4.78, 5) is 35.8. The van der Waals surface area contributed by atoms with Gasteiger partial charge in [0, 0.05) is 0 Å². The first-order valence-electron chi connectivity index (χ1n) is 9.01. The molecular formula is C17H22BN2O8-. The largest absolute Gasteiger partial charge is 0.583 e. The Balaban J connectivity index is 1.70.